The number of benzene rings is 2. The van der Waals surface area contributed by atoms with Crippen molar-refractivity contribution >= 4 is 12.0 Å². The summed E-state index contributed by atoms with van der Waals surface area (Å²) in [6.07, 6.45) is 11.3. The van der Waals surface area contributed by atoms with Gasteiger partial charge in [-0.2, -0.15) is 4.79 Å². The molecule has 0 spiro atoms. The lowest BCUT2D eigenvalue weighted by molar-refractivity contribution is -0.841. The molecule has 2 amide bonds. The van der Waals surface area contributed by atoms with Gasteiger partial charge >= 0.3 is 6.09 Å². The highest BCUT2D eigenvalue weighted by molar-refractivity contribution is 5.83. The van der Waals surface area contributed by atoms with Crippen LogP contribution in [0.4, 0.5) is 4.79 Å². The van der Waals surface area contributed by atoms with Gasteiger partial charge < -0.3 is 34.5 Å². The standard InChI is InChI=1S/C33H37N5O6/c1-2-20-43-28-14-10-26(11-15-28)37-18-19-38(42,33(40)41)31(32(37)39)36-23-27-22-34(16-17-35(27)24-36)21-25-8-12-30(13-9-25)44-29-6-4-3-5-7-29/h1,3-9,12-13,16-17,22,26,28,31H,10-11,14-15,18-21,23-24H2,(H,40,41)/t26?,28?,31?,38-/m0/s1. The molecule has 2 saturated heterocycles. The molecule has 2 aromatic carbocycles. The lowest BCUT2D eigenvalue weighted by atomic mass is 9.91. The lowest BCUT2D eigenvalue weighted by Gasteiger charge is -2.52. The summed E-state index contributed by atoms with van der Waals surface area (Å²) in [6.45, 7) is 1.35. The molecule has 1 saturated carbocycles. The fourth-order valence-electron chi connectivity index (χ4n) is 6.54. The van der Waals surface area contributed by atoms with Crippen molar-refractivity contribution in [1.82, 2.24) is 19.6 Å². The van der Waals surface area contributed by atoms with Crippen molar-refractivity contribution in [2.75, 3.05) is 32.9 Å². The van der Waals surface area contributed by atoms with Crippen molar-refractivity contribution in [3.63, 3.8) is 0 Å². The van der Waals surface area contributed by atoms with E-state index in [1.54, 1.807) is 9.80 Å². The molecule has 0 radical (unpaired) electrons. The van der Waals surface area contributed by atoms with Crippen molar-refractivity contribution in [2.24, 2.45) is 0 Å². The molecule has 0 aromatic heterocycles. The number of amides is 2. The fourth-order valence-corrected chi connectivity index (χ4v) is 6.54. The first-order chi connectivity index (χ1) is 21.3. The van der Waals surface area contributed by atoms with Gasteiger partial charge in [-0.3, -0.25) is 4.79 Å². The molecule has 1 unspecified atom stereocenters. The van der Waals surface area contributed by atoms with Crippen LogP contribution < -0.4 is 4.74 Å². The van der Waals surface area contributed by atoms with Crippen LogP contribution >= 0.6 is 0 Å². The Morgan fingerprint density at radius 2 is 1.77 bits per heavy atom. The van der Waals surface area contributed by atoms with E-state index in [0.717, 1.165) is 48.4 Å². The minimum Gasteiger partial charge on any atom is -0.621 e. The van der Waals surface area contributed by atoms with Gasteiger partial charge in [0.05, 0.1) is 19.3 Å². The number of hydrogen-bond acceptors (Lipinski definition) is 8. The molecule has 0 bridgehead atoms. The first-order valence-electron chi connectivity index (χ1n) is 15.0. The summed E-state index contributed by atoms with van der Waals surface area (Å²) in [5.41, 5.74) is 1.97. The van der Waals surface area contributed by atoms with Gasteiger partial charge in [0.15, 0.2) is 0 Å². The van der Waals surface area contributed by atoms with Crippen LogP contribution in [0, 0.1) is 17.6 Å². The lowest BCUT2D eigenvalue weighted by Crippen LogP contribution is -2.73. The number of ether oxygens (including phenoxy) is 2. The second-order valence-electron chi connectivity index (χ2n) is 11.7. The average Bonchev–Trinajstić information content (AvgIpc) is 3.44. The molecule has 11 heteroatoms. The molecule has 44 heavy (non-hydrogen) atoms. The van der Waals surface area contributed by atoms with E-state index in [4.69, 9.17) is 15.9 Å². The fraction of sp³-hybridized carbons (Fsp3) is 0.394. The average molecular weight is 600 g/mol. The van der Waals surface area contributed by atoms with E-state index in [-0.39, 0.29) is 45.1 Å². The maximum atomic E-state index is 13.9. The van der Waals surface area contributed by atoms with E-state index < -0.39 is 22.8 Å². The number of nitrogens with zero attached hydrogens (tertiary/aromatic N) is 5. The second-order valence-corrected chi connectivity index (χ2v) is 11.7. The Labute approximate surface area is 257 Å². The number of piperazine rings is 1. The Morgan fingerprint density at radius 3 is 2.48 bits per heavy atom. The zero-order valence-electron chi connectivity index (χ0n) is 24.5. The topological polar surface area (TPSA) is 109 Å². The summed E-state index contributed by atoms with van der Waals surface area (Å²) < 4.78 is 9.98. The molecule has 3 aliphatic heterocycles. The first-order valence-corrected chi connectivity index (χ1v) is 15.0. The summed E-state index contributed by atoms with van der Waals surface area (Å²) in [5, 5.41) is 23.7. The van der Waals surface area contributed by atoms with E-state index in [1.807, 2.05) is 83.0 Å². The predicted octanol–water partition coefficient (Wildman–Crippen LogP) is 4.30. The highest BCUT2D eigenvalue weighted by atomic mass is 16.6. The Balaban J connectivity index is 1.11. The molecule has 11 nitrogen and oxygen atoms in total. The Bertz CT molecular complexity index is 1450. The maximum Gasteiger partial charge on any atom is 0.515 e. The highest BCUT2D eigenvalue weighted by Gasteiger charge is 2.54. The minimum atomic E-state index is -1.60. The van der Waals surface area contributed by atoms with Crippen LogP contribution in [0.1, 0.15) is 31.2 Å². The summed E-state index contributed by atoms with van der Waals surface area (Å²) in [7, 11) is 0. The van der Waals surface area contributed by atoms with Gasteiger partial charge in [-0.25, -0.2) is 9.55 Å². The SMILES string of the molecule is C#CCOC1CCC(N2CC[N@@+]([O-])(C(=O)O)C(N3CC4=CN(Cc5ccc(Oc6ccccc6)cc5)C=CN4C3)C2=O)CC1. The first kappa shape index (κ1) is 29.7. The Hall–Kier alpha value is -4.34. The zero-order valence-corrected chi connectivity index (χ0v) is 24.5. The summed E-state index contributed by atoms with van der Waals surface area (Å²) in [4.78, 5) is 33.6. The third-order valence-electron chi connectivity index (χ3n) is 8.82. The van der Waals surface area contributed by atoms with Crippen molar-refractivity contribution < 1.29 is 28.8 Å². The molecule has 230 valence electrons. The number of rotatable bonds is 8. The third kappa shape index (κ3) is 6.16. The molecule has 1 N–H and O–H groups in total. The van der Waals surface area contributed by atoms with Crippen LogP contribution in [0.2, 0.25) is 0 Å². The monoisotopic (exact) mass is 599 g/mol. The second kappa shape index (κ2) is 12.7. The van der Waals surface area contributed by atoms with Gasteiger partial charge in [0, 0.05) is 43.4 Å². The molecule has 2 aromatic rings. The Morgan fingerprint density at radius 1 is 1.05 bits per heavy atom. The van der Waals surface area contributed by atoms with Crippen LogP contribution in [-0.2, 0) is 16.1 Å². The summed E-state index contributed by atoms with van der Waals surface area (Å²) >= 11 is 0. The van der Waals surface area contributed by atoms with Crippen molar-refractivity contribution in [3.8, 4) is 23.8 Å². The molecule has 1 aliphatic carbocycles. The van der Waals surface area contributed by atoms with Gasteiger partial charge in [-0.05, 0) is 55.5 Å². The number of carboxylic acid groups (broad SMARTS) is 1. The van der Waals surface area contributed by atoms with Gasteiger partial charge in [-0.1, -0.05) is 36.3 Å². The van der Waals surface area contributed by atoms with E-state index in [2.05, 4.69) is 5.92 Å². The normalized spacial score (nSPS) is 27.1. The smallest absolute Gasteiger partial charge is 0.515 e. The Kier molecular flexibility index (Phi) is 8.59. The number of hydrogen-bond donors (Lipinski definition) is 1. The molecule has 3 fully saturated rings. The van der Waals surface area contributed by atoms with Crippen LogP contribution in [0.25, 0.3) is 0 Å². The van der Waals surface area contributed by atoms with Crippen molar-refractivity contribution in [3.05, 3.63) is 89.7 Å². The van der Waals surface area contributed by atoms with E-state index in [0.29, 0.717) is 6.54 Å². The van der Waals surface area contributed by atoms with Crippen LogP contribution in [0.3, 0.4) is 0 Å². The van der Waals surface area contributed by atoms with Crippen LogP contribution in [0.15, 0.2) is 78.9 Å². The maximum absolute atomic E-state index is 13.9. The number of carbonyl (C=O) groups is 2. The quantitative estimate of drug-likeness (QED) is 0.270. The molecular formula is C33H37N5O6. The number of hydroxylamine groups is 3. The predicted molar refractivity (Wildman–Crippen MR) is 162 cm³/mol. The van der Waals surface area contributed by atoms with Gasteiger partial charge in [0.2, 0.25) is 6.17 Å². The van der Waals surface area contributed by atoms with Gasteiger partial charge in [0.1, 0.15) is 24.7 Å². The molecule has 6 rings (SSSR count). The number of carbonyl (C=O) groups excluding carboxylic acids is 1. The summed E-state index contributed by atoms with van der Waals surface area (Å²) in [5.74, 6) is 3.60. The van der Waals surface area contributed by atoms with E-state index >= 15 is 0 Å². The number of terminal acetylenes is 1. The zero-order chi connectivity index (χ0) is 30.7. The van der Waals surface area contributed by atoms with Gasteiger partial charge in [0.25, 0.3) is 5.91 Å². The van der Waals surface area contributed by atoms with Crippen molar-refractivity contribution in [1.29, 1.82) is 0 Å². The van der Waals surface area contributed by atoms with Gasteiger partial charge in [-0.15, -0.1) is 6.42 Å². The summed E-state index contributed by atoms with van der Waals surface area (Å²) in [6, 6.07) is 17.4. The molecule has 2 atom stereocenters. The van der Waals surface area contributed by atoms with Crippen molar-refractivity contribution in [2.45, 2.75) is 50.5 Å². The van der Waals surface area contributed by atoms with Crippen LogP contribution in [0.5, 0.6) is 11.5 Å². The highest BCUT2D eigenvalue weighted by Crippen LogP contribution is 2.34. The minimum absolute atomic E-state index is 0.0532. The molecule has 4 aliphatic rings. The van der Waals surface area contributed by atoms with E-state index in [1.165, 1.54) is 0 Å². The third-order valence-corrected chi connectivity index (χ3v) is 8.82. The molecule has 3 heterocycles. The molecular weight excluding hydrogens is 562 g/mol. The number of quaternary nitrogens is 1. The van der Waals surface area contributed by atoms with E-state index in [9.17, 15) is 19.9 Å². The van der Waals surface area contributed by atoms with Crippen LogP contribution in [-0.4, -0.2) is 92.6 Å². The number of para-hydroxylation sites is 1. The largest absolute Gasteiger partial charge is 0.621 e. The number of fused-ring (bicyclic) bond motifs is 1.